The van der Waals surface area contributed by atoms with Crippen LogP contribution in [-0.4, -0.2) is 18.3 Å². The maximum atomic E-state index is 8.80. The highest BCUT2D eigenvalue weighted by Crippen LogP contribution is 2.30. The van der Waals surface area contributed by atoms with E-state index in [9.17, 15) is 0 Å². The summed E-state index contributed by atoms with van der Waals surface area (Å²) in [5.41, 5.74) is 2.25. The van der Waals surface area contributed by atoms with E-state index >= 15 is 0 Å². The van der Waals surface area contributed by atoms with Gasteiger partial charge in [0.1, 0.15) is 11.3 Å². The first-order valence-electron chi connectivity index (χ1n) is 6.62. The van der Waals surface area contributed by atoms with Crippen molar-refractivity contribution in [3.05, 3.63) is 35.6 Å². The van der Waals surface area contributed by atoms with Crippen molar-refractivity contribution in [2.24, 2.45) is 0 Å². The van der Waals surface area contributed by atoms with Crippen molar-refractivity contribution in [2.75, 3.05) is 13.2 Å². The van der Waals surface area contributed by atoms with Crippen LogP contribution < -0.4 is 5.32 Å². The van der Waals surface area contributed by atoms with Gasteiger partial charge >= 0.3 is 0 Å². The Hall–Kier alpha value is -1.32. The van der Waals surface area contributed by atoms with Crippen LogP contribution >= 0.6 is 0 Å². The SMILES string of the molecule is CCc1c(C(C)NCCCO)oc2ccccc12. The predicted molar refractivity (Wildman–Crippen MR) is 73.7 cm³/mol. The first-order chi connectivity index (χ1) is 8.77. The van der Waals surface area contributed by atoms with Gasteiger partial charge in [0.25, 0.3) is 0 Å². The van der Waals surface area contributed by atoms with Gasteiger partial charge in [0.15, 0.2) is 0 Å². The third kappa shape index (κ3) is 2.57. The number of rotatable bonds is 6. The van der Waals surface area contributed by atoms with Crippen LogP contribution in [0.15, 0.2) is 28.7 Å². The van der Waals surface area contributed by atoms with Gasteiger partial charge in [-0.25, -0.2) is 0 Å². The molecule has 1 aromatic heterocycles. The molecule has 2 N–H and O–H groups in total. The highest BCUT2D eigenvalue weighted by molar-refractivity contribution is 5.82. The Morgan fingerprint density at radius 1 is 1.33 bits per heavy atom. The maximum Gasteiger partial charge on any atom is 0.134 e. The van der Waals surface area contributed by atoms with Crippen LogP contribution in [0.3, 0.4) is 0 Å². The van der Waals surface area contributed by atoms with Crippen molar-refractivity contribution in [1.82, 2.24) is 5.32 Å². The average molecular weight is 247 g/mol. The van der Waals surface area contributed by atoms with Crippen molar-refractivity contribution in [3.8, 4) is 0 Å². The van der Waals surface area contributed by atoms with Crippen LogP contribution in [0.4, 0.5) is 0 Å². The summed E-state index contributed by atoms with van der Waals surface area (Å²) in [4.78, 5) is 0. The Labute approximate surface area is 108 Å². The largest absolute Gasteiger partial charge is 0.459 e. The fourth-order valence-corrected chi connectivity index (χ4v) is 2.32. The first-order valence-corrected chi connectivity index (χ1v) is 6.62. The fraction of sp³-hybridized carbons (Fsp3) is 0.467. The molecule has 98 valence electrons. The molecule has 0 aliphatic rings. The lowest BCUT2D eigenvalue weighted by Gasteiger charge is -2.12. The minimum absolute atomic E-state index is 0.180. The van der Waals surface area contributed by atoms with Gasteiger partial charge < -0.3 is 14.8 Å². The van der Waals surface area contributed by atoms with E-state index in [0.29, 0.717) is 0 Å². The predicted octanol–water partition coefficient (Wildman–Crippen LogP) is 3.03. The zero-order chi connectivity index (χ0) is 13.0. The summed E-state index contributed by atoms with van der Waals surface area (Å²) in [6, 6.07) is 8.35. The number of para-hydroxylation sites is 1. The standard InChI is InChI=1S/C15H21NO2/c1-3-12-13-7-4-5-8-14(13)18-15(12)11(2)16-9-6-10-17/h4-5,7-8,11,16-17H,3,6,9-10H2,1-2H3. The maximum absolute atomic E-state index is 8.80. The van der Waals surface area contributed by atoms with E-state index in [1.165, 1.54) is 10.9 Å². The molecule has 0 bridgehead atoms. The molecule has 1 heterocycles. The van der Waals surface area contributed by atoms with Gasteiger partial charge in [-0.1, -0.05) is 25.1 Å². The van der Waals surface area contributed by atoms with Gasteiger partial charge in [0, 0.05) is 17.6 Å². The molecule has 0 aliphatic heterocycles. The molecule has 1 atom stereocenters. The van der Waals surface area contributed by atoms with Crippen LogP contribution in [0.2, 0.25) is 0 Å². The minimum Gasteiger partial charge on any atom is -0.459 e. The van der Waals surface area contributed by atoms with Gasteiger partial charge in [-0.2, -0.15) is 0 Å². The molecule has 1 unspecified atom stereocenters. The van der Waals surface area contributed by atoms with Crippen LogP contribution in [0.25, 0.3) is 11.0 Å². The van der Waals surface area contributed by atoms with Gasteiger partial charge in [-0.15, -0.1) is 0 Å². The molecule has 3 heteroatoms. The second-order valence-electron chi connectivity index (χ2n) is 4.55. The molecule has 0 saturated heterocycles. The molecule has 3 nitrogen and oxygen atoms in total. The van der Waals surface area contributed by atoms with Gasteiger partial charge in [0.2, 0.25) is 0 Å². The number of aryl methyl sites for hydroxylation is 1. The zero-order valence-corrected chi connectivity index (χ0v) is 11.1. The minimum atomic E-state index is 0.180. The molecule has 2 aromatic rings. The van der Waals surface area contributed by atoms with E-state index < -0.39 is 0 Å². The number of aliphatic hydroxyl groups excluding tert-OH is 1. The Morgan fingerprint density at radius 2 is 2.11 bits per heavy atom. The zero-order valence-electron chi connectivity index (χ0n) is 11.1. The second kappa shape index (κ2) is 6.03. The van der Waals surface area contributed by atoms with E-state index in [4.69, 9.17) is 9.52 Å². The summed E-state index contributed by atoms with van der Waals surface area (Å²) in [7, 11) is 0. The lowest BCUT2D eigenvalue weighted by Crippen LogP contribution is -2.21. The van der Waals surface area contributed by atoms with Crippen LogP contribution in [0.5, 0.6) is 0 Å². The number of nitrogens with one attached hydrogen (secondary N) is 1. The third-order valence-electron chi connectivity index (χ3n) is 3.26. The Balaban J connectivity index is 2.26. The van der Waals surface area contributed by atoms with E-state index in [-0.39, 0.29) is 12.6 Å². The molecule has 0 aliphatic carbocycles. The molecular formula is C15H21NO2. The Bertz CT molecular complexity index is 504. The van der Waals surface area contributed by atoms with Crippen LogP contribution in [-0.2, 0) is 6.42 Å². The van der Waals surface area contributed by atoms with Crippen LogP contribution in [0, 0.1) is 0 Å². The molecule has 18 heavy (non-hydrogen) atoms. The summed E-state index contributed by atoms with van der Waals surface area (Å²) >= 11 is 0. The molecule has 0 spiro atoms. The summed E-state index contributed by atoms with van der Waals surface area (Å²) in [6.07, 6.45) is 1.74. The molecule has 0 radical (unpaired) electrons. The van der Waals surface area contributed by atoms with Crippen molar-refractivity contribution in [1.29, 1.82) is 0 Å². The number of hydrogen-bond acceptors (Lipinski definition) is 3. The van der Waals surface area contributed by atoms with E-state index in [1.54, 1.807) is 0 Å². The quantitative estimate of drug-likeness (QED) is 0.771. The fourth-order valence-electron chi connectivity index (χ4n) is 2.32. The smallest absolute Gasteiger partial charge is 0.134 e. The Morgan fingerprint density at radius 3 is 2.83 bits per heavy atom. The summed E-state index contributed by atoms with van der Waals surface area (Å²) < 4.78 is 5.96. The number of benzene rings is 1. The van der Waals surface area contributed by atoms with E-state index in [0.717, 1.165) is 30.7 Å². The monoisotopic (exact) mass is 247 g/mol. The molecule has 0 amide bonds. The second-order valence-corrected chi connectivity index (χ2v) is 4.55. The molecule has 0 saturated carbocycles. The lowest BCUT2D eigenvalue weighted by molar-refractivity contribution is 0.282. The Kier molecular flexibility index (Phi) is 4.39. The normalized spacial score (nSPS) is 13.1. The summed E-state index contributed by atoms with van der Waals surface area (Å²) in [5, 5.41) is 13.4. The van der Waals surface area contributed by atoms with Gasteiger partial charge in [0.05, 0.1) is 6.04 Å². The molecule has 2 rings (SSSR count). The lowest BCUT2D eigenvalue weighted by atomic mass is 10.1. The van der Waals surface area contributed by atoms with Crippen LogP contribution in [0.1, 0.15) is 37.6 Å². The highest BCUT2D eigenvalue weighted by Gasteiger charge is 2.17. The van der Waals surface area contributed by atoms with Crippen molar-refractivity contribution in [2.45, 2.75) is 32.7 Å². The summed E-state index contributed by atoms with van der Waals surface area (Å²) in [5.74, 6) is 1.02. The number of hydrogen-bond donors (Lipinski definition) is 2. The van der Waals surface area contributed by atoms with Gasteiger partial charge in [-0.3, -0.25) is 0 Å². The molecule has 0 fully saturated rings. The molecule has 1 aromatic carbocycles. The average Bonchev–Trinajstić information content (AvgIpc) is 2.77. The summed E-state index contributed by atoms with van der Waals surface area (Å²) in [6.45, 7) is 5.29. The number of furan rings is 1. The van der Waals surface area contributed by atoms with Crippen molar-refractivity contribution >= 4 is 11.0 Å². The van der Waals surface area contributed by atoms with Crippen molar-refractivity contribution < 1.29 is 9.52 Å². The number of aliphatic hydroxyl groups is 1. The van der Waals surface area contributed by atoms with E-state index in [1.807, 2.05) is 18.2 Å². The topological polar surface area (TPSA) is 45.4 Å². The van der Waals surface area contributed by atoms with E-state index in [2.05, 4.69) is 25.2 Å². The number of fused-ring (bicyclic) bond motifs is 1. The van der Waals surface area contributed by atoms with Crippen molar-refractivity contribution in [3.63, 3.8) is 0 Å². The first kappa shape index (κ1) is 13.1. The van der Waals surface area contributed by atoms with Gasteiger partial charge in [-0.05, 0) is 32.4 Å². The molecular weight excluding hydrogens is 226 g/mol. The third-order valence-corrected chi connectivity index (χ3v) is 3.26. The highest BCUT2D eigenvalue weighted by atomic mass is 16.3.